The van der Waals surface area contributed by atoms with Crippen LogP contribution in [0.4, 0.5) is 0 Å². The molecular formula is C16H23N3OS. The van der Waals surface area contributed by atoms with Gasteiger partial charge >= 0.3 is 0 Å². The number of aromatic nitrogens is 1. The summed E-state index contributed by atoms with van der Waals surface area (Å²) in [5.41, 5.74) is 0. The summed E-state index contributed by atoms with van der Waals surface area (Å²) >= 11 is 1.60. The average molecular weight is 305 g/mol. The summed E-state index contributed by atoms with van der Waals surface area (Å²) < 4.78 is 0. The molecule has 0 spiro atoms. The van der Waals surface area contributed by atoms with Crippen molar-refractivity contribution < 1.29 is 4.79 Å². The Labute approximate surface area is 130 Å². The third-order valence-corrected chi connectivity index (χ3v) is 5.57. The van der Waals surface area contributed by atoms with Crippen molar-refractivity contribution >= 4 is 17.7 Å². The van der Waals surface area contributed by atoms with E-state index in [1.807, 2.05) is 17.0 Å². The number of nitrogens with zero attached hydrogens (tertiary/aromatic N) is 2. The first-order valence-corrected chi connectivity index (χ1v) is 8.85. The molecule has 2 fully saturated rings. The summed E-state index contributed by atoms with van der Waals surface area (Å²) in [5, 5.41) is 3.60. The molecule has 3 heterocycles. The summed E-state index contributed by atoms with van der Waals surface area (Å²) in [6.07, 6.45) is 8.48. The maximum absolute atomic E-state index is 12.3. The highest BCUT2D eigenvalue weighted by Gasteiger charge is 2.29. The van der Waals surface area contributed by atoms with Crippen molar-refractivity contribution in [2.24, 2.45) is 5.92 Å². The maximum Gasteiger partial charge on any atom is 0.232 e. The van der Waals surface area contributed by atoms with E-state index in [4.69, 9.17) is 0 Å². The Kier molecular flexibility index (Phi) is 5.14. The molecule has 0 aromatic carbocycles. The number of thioether (sulfide) groups is 1. The SMILES string of the molecule is O=C(CSc1ccncc1)N1CCC(C2CCCN2)CC1. The van der Waals surface area contributed by atoms with Gasteiger partial charge in [-0.05, 0) is 50.3 Å². The first kappa shape index (κ1) is 14.9. The average Bonchev–Trinajstić information content (AvgIpc) is 3.08. The Bertz CT molecular complexity index is 454. The van der Waals surface area contributed by atoms with Crippen LogP contribution in [0.3, 0.4) is 0 Å². The lowest BCUT2D eigenvalue weighted by Gasteiger charge is -2.34. The number of piperidine rings is 1. The van der Waals surface area contributed by atoms with Gasteiger partial charge in [-0.15, -0.1) is 11.8 Å². The lowest BCUT2D eigenvalue weighted by atomic mass is 9.88. The van der Waals surface area contributed by atoms with Gasteiger partial charge in [-0.1, -0.05) is 0 Å². The Morgan fingerprint density at radius 2 is 2.05 bits per heavy atom. The third kappa shape index (κ3) is 3.98. The van der Waals surface area contributed by atoms with Crippen LogP contribution in [-0.2, 0) is 4.79 Å². The van der Waals surface area contributed by atoms with E-state index in [0.29, 0.717) is 11.8 Å². The molecule has 3 rings (SSSR count). The predicted molar refractivity (Wildman–Crippen MR) is 85.3 cm³/mol. The topological polar surface area (TPSA) is 45.2 Å². The minimum Gasteiger partial charge on any atom is -0.342 e. The molecule has 5 heteroatoms. The fourth-order valence-electron chi connectivity index (χ4n) is 3.34. The number of carbonyl (C=O) groups excluding carboxylic acids is 1. The Morgan fingerprint density at radius 1 is 1.29 bits per heavy atom. The Balaban J connectivity index is 1.42. The van der Waals surface area contributed by atoms with Crippen LogP contribution in [0.5, 0.6) is 0 Å². The number of amides is 1. The van der Waals surface area contributed by atoms with E-state index in [-0.39, 0.29) is 5.91 Å². The van der Waals surface area contributed by atoms with Gasteiger partial charge in [0.1, 0.15) is 0 Å². The van der Waals surface area contributed by atoms with Crippen LogP contribution in [0, 0.1) is 5.92 Å². The second-order valence-electron chi connectivity index (χ2n) is 5.89. The van der Waals surface area contributed by atoms with Gasteiger partial charge in [0.2, 0.25) is 5.91 Å². The Morgan fingerprint density at radius 3 is 2.71 bits per heavy atom. The molecule has 1 amide bonds. The molecule has 114 valence electrons. The van der Waals surface area contributed by atoms with Crippen LogP contribution in [0.2, 0.25) is 0 Å². The highest BCUT2D eigenvalue weighted by molar-refractivity contribution is 8.00. The predicted octanol–water partition coefficient (Wildman–Crippen LogP) is 2.16. The van der Waals surface area contributed by atoms with Crippen LogP contribution in [-0.4, -0.2) is 47.2 Å². The highest BCUT2D eigenvalue weighted by atomic mass is 32.2. The van der Waals surface area contributed by atoms with E-state index in [2.05, 4.69) is 10.3 Å². The van der Waals surface area contributed by atoms with Gasteiger partial charge in [-0.25, -0.2) is 0 Å². The summed E-state index contributed by atoms with van der Waals surface area (Å²) in [6, 6.07) is 4.61. The largest absolute Gasteiger partial charge is 0.342 e. The van der Waals surface area contributed by atoms with E-state index >= 15 is 0 Å². The molecule has 21 heavy (non-hydrogen) atoms. The van der Waals surface area contributed by atoms with E-state index in [1.54, 1.807) is 24.2 Å². The number of pyridine rings is 1. The van der Waals surface area contributed by atoms with E-state index in [9.17, 15) is 4.79 Å². The lowest BCUT2D eigenvalue weighted by Crippen LogP contribution is -2.43. The first-order chi connectivity index (χ1) is 10.3. The van der Waals surface area contributed by atoms with Crippen LogP contribution >= 0.6 is 11.8 Å². The van der Waals surface area contributed by atoms with Crippen LogP contribution in [0.1, 0.15) is 25.7 Å². The van der Waals surface area contributed by atoms with Gasteiger partial charge in [-0.3, -0.25) is 9.78 Å². The van der Waals surface area contributed by atoms with Gasteiger partial charge in [0.05, 0.1) is 5.75 Å². The first-order valence-electron chi connectivity index (χ1n) is 7.87. The minimum absolute atomic E-state index is 0.273. The summed E-state index contributed by atoms with van der Waals surface area (Å²) in [4.78, 5) is 19.4. The number of hydrogen-bond acceptors (Lipinski definition) is 4. The normalized spacial score (nSPS) is 23.4. The van der Waals surface area contributed by atoms with Gasteiger partial charge in [-0.2, -0.15) is 0 Å². The number of hydrogen-bond donors (Lipinski definition) is 1. The van der Waals surface area contributed by atoms with Gasteiger partial charge < -0.3 is 10.2 Å². The van der Waals surface area contributed by atoms with Gasteiger partial charge in [0.15, 0.2) is 0 Å². The molecule has 1 unspecified atom stereocenters. The van der Waals surface area contributed by atoms with E-state index in [1.165, 1.54) is 19.4 Å². The van der Waals surface area contributed by atoms with Gasteiger partial charge in [0.25, 0.3) is 0 Å². The molecular weight excluding hydrogens is 282 g/mol. The van der Waals surface area contributed by atoms with Crippen molar-refractivity contribution in [1.82, 2.24) is 15.2 Å². The second kappa shape index (κ2) is 7.27. The second-order valence-corrected chi connectivity index (χ2v) is 6.94. The molecule has 1 aromatic heterocycles. The molecule has 4 nitrogen and oxygen atoms in total. The van der Waals surface area contributed by atoms with Crippen molar-refractivity contribution in [1.29, 1.82) is 0 Å². The van der Waals surface area contributed by atoms with Gasteiger partial charge in [0, 0.05) is 36.4 Å². The minimum atomic E-state index is 0.273. The van der Waals surface area contributed by atoms with Crippen molar-refractivity contribution in [2.75, 3.05) is 25.4 Å². The molecule has 0 radical (unpaired) electrons. The number of carbonyl (C=O) groups is 1. The fourth-order valence-corrected chi connectivity index (χ4v) is 4.12. The molecule has 2 aliphatic heterocycles. The molecule has 0 saturated carbocycles. The third-order valence-electron chi connectivity index (χ3n) is 4.57. The molecule has 0 aliphatic carbocycles. The van der Waals surface area contributed by atoms with Crippen LogP contribution in [0.25, 0.3) is 0 Å². The van der Waals surface area contributed by atoms with E-state index in [0.717, 1.165) is 36.7 Å². The zero-order valence-electron chi connectivity index (χ0n) is 12.3. The summed E-state index contributed by atoms with van der Waals surface area (Å²) in [6.45, 7) is 3.03. The molecule has 0 bridgehead atoms. The highest BCUT2D eigenvalue weighted by Crippen LogP contribution is 2.26. The van der Waals surface area contributed by atoms with Crippen LogP contribution in [0.15, 0.2) is 29.4 Å². The summed E-state index contributed by atoms with van der Waals surface area (Å²) in [7, 11) is 0. The summed E-state index contributed by atoms with van der Waals surface area (Å²) in [5.74, 6) is 1.58. The standard InChI is InChI=1S/C16H23N3OS/c20-16(12-21-14-3-8-17-9-4-14)19-10-5-13(6-11-19)15-2-1-7-18-15/h3-4,8-9,13,15,18H,1-2,5-7,10-12H2. The van der Waals surface area contributed by atoms with Crippen molar-refractivity contribution in [3.8, 4) is 0 Å². The number of likely N-dealkylation sites (tertiary alicyclic amines) is 1. The Hall–Kier alpha value is -1.07. The molecule has 1 aromatic rings. The van der Waals surface area contributed by atoms with Crippen molar-refractivity contribution in [2.45, 2.75) is 36.6 Å². The molecule has 1 N–H and O–H groups in total. The van der Waals surface area contributed by atoms with Crippen molar-refractivity contribution in [3.05, 3.63) is 24.5 Å². The molecule has 2 aliphatic rings. The zero-order valence-corrected chi connectivity index (χ0v) is 13.1. The van der Waals surface area contributed by atoms with Crippen molar-refractivity contribution in [3.63, 3.8) is 0 Å². The monoisotopic (exact) mass is 305 g/mol. The molecule has 2 saturated heterocycles. The fraction of sp³-hybridized carbons (Fsp3) is 0.625. The number of rotatable bonds is 4. The maximum atomic E-state index is 12.3. The van der Waals surface area contributed by atoms with E-state index < -0.39 is 0 Å². The van der Waals surface area contributed by atoms with Crippen LogP contribution < -0.4 is 5.32 Å². The lowest BCUT2D eigenvalue weighted by molar-refractivity contribution is -0.129. The zero-order chi connectivity index (χ0) is 14.5. The molecule has 1 atom stereocenters. The smallest absolute Gasteiger partial charge is 0.232 e. The quantitative estimate of drug-likeness (QED) is 0.866. The number of nitrogens with one attached hydrogen (secondary N) is 1.